The fraction of sp³-hybridized carbons (Fsp3) is 0.0909. The van der Waals surface area contributed by atoms with E-state index in [0.717, 1.165) is 22.6 Å². The molecule has 0 fully saturated rings. The Balaban J connectivity index is 2.07. The van der Waals surface area contributed by atoms with Crippen LogP contribution >= 0.6 is 0 Å². The van der Waals surface area contributed by atoms with Crippen molar-refractivity contribution in [3.8, 4) is 11.6 Å². The quantitative estimate of drug-likeness (QED) is 0.586. The van der Waals surface area contributed by atoms with Crippen molar-refractivity contribution in [1.82, 2.24) is 9.55 Å². The van der Waals surface area contributed by atoms with E-state index in [9.17, 15) is 4.79 Å². The highest BCUT2D eigenvalue weighted by molar-refractivity contribution is 5.88. The highest BCUT2D eigenvalue weighted by Gasteiger charge is 2.16. The zero-order valence-electron chi connectivity index (χ0n) is 15.1. The number of benzene rings is 2. The molecule has 0 atom stereocenters. The Labute approximate surface area is 156 Å². The zero-order valence-corrected chi connectivity index (χ0v) is 15.1. The molecule has 0 aliphatic rings. The van der Waals surface area contributed by atoms with Crippen molar-refractivity contribution >= 4 is 22.4 Å². The van der Waals surface area contributed by atoms with Crippen LogP contribution < -0.4 is 15.5 Å². The van der Waals surface area contributed by atoms with Crippen LogP contribution in [0.1, 0.15) is 5.69 Å². The van der Waals surface area contributed by atoms with Gasteiger partial charge in [0, 0.05) is 23.1 Å². The van der Waals surface area contributed by atoms with Crippen molar-refractivity contribution in [2.45, 2.75) is 6.92 Å². The summed E-state index contributed by atoms with van der Waals surface area (Å²) in [7, 11) is 1.53. The first-order valence-corrected chi connectivity index (χ1v) is 8.66. The van der Waals surface area contributed by atoms with Crippen molar-refractivity contribution in [2.24, 2.45) is 0 Å². The maximum atomic E-state index is 12.9. The van der Waals surface area contributed by atoms with Gasteiger partial charge in [0.25, 0.3) is 0 Å². The number of hydrogen-bond donors (Lipinski definition) is 1. The average molecular weight is 357 g/mol. The van der Waals surface area contributed by atoms with Gasteiger partial charge < -0.3 is 10.1 Å². The number of aryl methyl sites for hydroxylation is 1. The van der Waals surface area contributed by atoms with Crippen LogP contribution in [-0.4, -0.2) is 16.7 Å². The molecule has 134 valence electrons. The highest BCUT2D eigenvalue weighted by atomic mass is 16.5. The maximum Gasteiger partial charge on any atom is 0.226 e. The summed E-state index contributed by atoms with van der Waals surface area (Å²) in [5.74, 6) is 1.02. The lowest BCUT2D eigenvalue weighted by molar-refractivity contribution is 0.402. The molecule has 27 heavy (non-hydrogen) atoms. The van der Waals surface area contributed by atoms with Crippen LogP contribution in [0.4, 0.5) is 11.5 Å². The molecule has 0 saturated carbocycles. The van der Waals surface area contributed by atoms with Gasteiger partial charge >= 0.3 is 0 Å². The van der Waals surface area contributed by atoms with Gasteiger partial charge in [-0.05, 0) is 37.3 Å². The van der Waals surface area contributed by atoms with Crippen LogP contribution in [0.2, 0.25) is 0 Å². The molecule has 0 radical (unpaired) electrons. The lowest BCUT2D eigenvalue weighted by Gasteiger charge is -2.19. The standard InChI is InChI=1S/C22H19N3O2/c1-15-13-18-21(22(23-15)27-2)19(26)14-20(24-16-9-5-3-6-10-16)25(18)17-11-7-4-8-12-17/h3-14,24H,1-2H3. The molecule has 0 saturated heterocycles. The van der Waals surface area contributed by atoms with E-state index in [4.69, 9.17) is 4.74 Å². The molecule has 0 amide bonds. The van der Waals surface area contributed by atoms with Gasteiger partial charge in [0.15, 0.2) is 5.43 Å². The SMILES string of the molecule is COc1nc(C)cc2c1c(=O)cc(Nc1ccccc1)n2-c1ccccc1. The Morgan fingerprint density at radius 1 is 0.963 bits per heavy atom. The van der Waals surface area contributed by atoms with Crippen molar-refractivity contribution in [3.63, 3.8) is 0 Å². The molecule has 0 aliphatic heterocycles. The Bertz CT molecular complexity index is 1150. The van der Waals surface area contributed by atoms with E-state index in [2.05, 4.69) is 10.3 Å². The van der Waals surface area contributed by atoms with Crippen molar-refractivity contribution in [2.75, 3.05) is 12.4 Å². The second-order valence-electron chi connectivity index (χ2n) is 6.22. The van der Waals surface area contributed by atoms with Crippen LogP contribution in [0, 0.1) is 6.92 Å². The van der Waals surface area contributed by atoms with E-state index in [-0.39, 0.29) is 5.43 Å². The summed E-state index contributed by atoms with van der Waals surface area (Å²) >= 11 is 0. The molecule has 0 aliphatic carbocycles. The molecule has 2 aromatic carbocycles. The van der Waals surface area contributed by atoms with Crippen LogP contribution in [0.25, 0.3) is 16.6 Å². The molecule has 0 unspecified atom stereocenters. The fourth-order valence-corrected chi connectivity index (χ4v) is 3.19. The van der Waals surface area contributed by atoms with E-state index >= 15 is 0 Å². The third-order valence-electron chi connectivity index (χ3n) is 4.34. The Hall–Kier alpha value is -3.60. The molecule has 5 nitrogen and oxygen atoms in total. The highest BCUT2D eigenvalue weighted by Crippen LogP contribution is 2.29. The zero-order chi connectivity index (χ0) is 18.8. The minimum atomic E-state index is -0.139. The number of nitrogens with zero attached hydrogens (tertiary/aromatic N) is 2. The number of rotatable bonds is 4. The Morgan fingerprint density at radius 2 is 1.63 bits per heavy atom. The fourth-order valence-electron chi connectivity index (χ4n) is 3.19. The van der Waals surface area contributed by atoms with Crippen LogP contribution in [0.5, 0.6) is 5.88 Å². The van der Waals surface area contributed by atoms with E-state index in [1.165, 1.54) is 7.11 Å². The summed E-state index contributed by atoms with van der Waals surface area (Å²) in [6.07, 6.45) is 0. The maximum absolute atomic E-state index is 12.9. The first-order valence-electron chi connectivity index (χ1n) is 8.66. The first kappa shape index (κ1) is 16.8. The van der Waals surface area contributed by atoms with Gasteiger partial charge in [0.2, 0.25) is 5.88 Å². The normalized spacial score (nSPS) is 10.7. The molecule has 1 N–H and O–H groups in total. The number of hydrogen-bond acceptors (Lipinski definition) is 4. The van der Waals surface area contributed by atoms with E-state index in [0.29, 0.717) is 17.1 Å². The molecular formula is C22H19N3O2. The molecule has 5 heteroatoms. The third kappa shape index (κ3) is 3.15. The summed E-state index contributed by atoms with van der Waals surface area (Å²) in [6.45, 7) is 1.89. The van der Waals surface area contributed by atoms with Crippen molar-refractivity contribution < 1.29 is 4.74 Å². The monoisotopic (exact) mass is 357 g/mol. The number of pyridine rings is 2. The van der Waals surface area contributed by atoms with Gasteiger partial charge in [-0.25, -0.2) is 4.98 Å². The van der Waals surface area contributed by atoms with E-state index in [1.807, 2.05) is 78.2 Å². The minimum absolute atomic E-state index is 0.139. The van der Waals surface area contributed by atoms with Crippen LogP contribution in [0.3, 0.4) is 0 Å². The summed E-state index contributed by atoms with van der Waals surface area (Å²) in [4.78, 5) is 17.3. The molecule has 4 rings (SSSR count). The number of methoxy groups -OCH3 is 1. The van der Waals surface area contributed by atoms with Gasteiger partial charge in [0.05, 0.1) is 12.6 Å². The van der Waals surface area contributed by atoms with Crippen molar-refractivity contribution in [3.05, 3.63) is 88.7 Å². The largest absolute Gasteiger partial charge is 0.480 e. The Morgan fingerprint density at radius 3 is 2.30 bits per heavy atom. The van der Waals surface area contributed by atoms with Gasteiger partial charge in [-0.2, -0.15) is 0 Å². The molecule has 4 aromatic rings. The summed E-state index contributed by atoms with van der Waals surface area (Å²) in [6, 6.07) is 23.2. The third-order valence-corrected chi connectivity index (χ3v) is 4.34. The number of nitrogens with one attached hydrogen (secondary N) is 1. The second-order valence-corrected chi connectivity index (χ2v) is 6.22. The number of para-hydroxylation sites is 2. The van der Waals surface area contributed by atoms with E-state index in [1.54, 1.807) is 6.07 Å². The number of fused-ring (bicyclic) bond motifs is 1. The summed E-state index contributed by atoms with van der Waals surface area (Å²) in [5.41, 5.74) is 3.23. The topological polar surface area (TPSA) is 56.1 Å². The summed E-state index contributed by atoms with van der Waals surface area (Å²) in [5, 5.41) is 3.83. The summed E-state index contributed by atoms with van der Waals surface area (Å²) < 4.78 is 7.41. The van der Waals surface area contributed by atoms with Crippen LogP contribution in [0.15, 0.2) is 77.6 Å². The number of ether oxygens (including phenoxy) is 1. The lowest BCUT2D eigenvalue weighted by atomic mass is 10.2. The molecule has 0 spiro atoms. The van der Waals surface area contributed by atoms with Crippen LogP contribution in [-0.2, 0) is 0 Å². The first-order chi connectivity index (χ1) is 13.2. The van der Waals surface area contributed by atoms with Crippen molar-refractivity contribution in [1.29, 1.82) is 0 Å². The molecule has 0 bridgehead atoms. The van der Waals surface area contributed by atoms with Gasteiger partial charge in [-0.1, -0.05) is 36.4 Å². The predicted molar refractivity (Wildman–Crippen MR) is 108 cm³/mol. The second kappa shape index (κ2) is 6.96. The molecule has 2 heterocycles. The number of anilines is 2. The molecular weight excluding hydrogens is 338 g/mol. The predicted octanol–water partition coefficient (Wildman–Crippen LogP) is 4.45. The van der Waals surface area contributed by atoms with Gasteiger partial charge in [-0.15, -0.1) is 0 Å². The van der Waals surface area contributed by atoms with Gasteiger partial charge in [-0.3, -0.25) is 9.36 Å². The number of aromatic nitrogens is 2. The minimum Gasteiger partial charge on any atom is -0.480 e. The lowest BCUT2D eigenvalue weighted by Crippen LogP contribution is -2.14. The Kier molecular flexibility index (Phi) is 4.34. The van der Waals surface area contributed by atoms with Gasteiger partial charge in [0.1, 0.15) is 11.2 Å². The average Bonchev–Trinajstić information content (AvgIpc) is 2.68. The smallest absolute Gasteiger partial charge is 0.226 e. The molecule has 2 aromatic heterocycles. The van der Waals surface area contributed by atoms with E-state index < -0.39 is 0 Å².